The lowest BCUT2D eigenvalue weighted by Crippen LogP contribution is -2.05. The highest BCUT2D eigenvalue weighted by atomic mass is 35.5. The van der Waals surface area contributed by atoms with Crippen LogP contribution >= 0.6 is 34.8 Å². The van der Waals surface area contributed by atoms with E-state index in [1.807, 2.05) is 0 Å². The first kappa shape index (κ1) is 15.1. The molecule has 2 aromatic rings. The number of halogens is 3. The van der Waals surface area contributed by atoms with Gasteiger partial charge < -0.3 is 4.74 Å². The molecule has 0 atom stereocenters. The van der Waals surface area contributed by atoms with Crippen molar-refractivity contribution in [1.29, 1.82) is 0 Å². The number of ether oxygens (including phenoxy) is 1. The standard InChI is InChI=1S/C16H8Cl3NO2/c17-11-3-1-2-10(8-11)15-20-14(16(21)22-15)7-9-4-5-12(18)13(19)6-9/h1-8H/b14-7-. The summed E-state index contributed by atoms with van der Waals surface area (Å²) < 4.78 is 5.17. The Morgan fingerprint density at radius 3 is 2.55 bits per heavy atom. The smallest absolute Gasteiger partial charge is 0.363 e. The number of hydrogen-bond donors (Lipinski definition) is 0. The van der Waals surface area contributed by atoms with Gasteiger partial charge in [0.05, 0.1) is 10.0 Å². The topological polar surface area (TPSA) is 38.7 Å². The van der Waals surface area contributed by atoms with Crippen molar-refractivity contribution in [2.75, 3.05) is 0 Å². The van der Waals surface area contributed by atoms with E-state index in [1.54, 1.807) is 48.5 Å². The van der Waals surface area contributed by atoms with E-state index in [-0.39, 0.29) is 11.6 Å². The molecule has 3 nitrogen and oxygen atoms in total. The SMILES string of the molecule is O=C1OC(c2cccc(Cl)c2)=N/C1=C\c1ccc(Cl)c(Cl)c1. The third-order valence-electron chi connectivity index (χ3n) is 2.94. The second-order valence-electron chi connectivity index (χ2n) is 4.52. The highest BCUT2D eigenvalue weighted by Gasteiger charge is 2.24. The minimum absolute atomic E-state index is 0.188. The van der Waals surface area contributed by atoms with E-state index in [4.69, 9.17) is 39.5 Å². The van der Waals surface area contributed by atoms with Crippen molar-refractivity contribution < 1.29 is 9.53 Å². The second kappa shape index (κ2) is 6.13. The van der Waals surface area contributed by atoms with Crippen LogP contribution < -0.4 is 0 Å². The van der Waals surface area contributed by atoms with Gasteiger partial charge in [0.25, 0.3) is 0 Å². The summed E-state index contributed by atoms with van der Waals surface area (Å²) in [6.07, 6.45) is 1.59. The Morgan fingerprint density at radius 2 is 1.82 bits per heavy atom. The molecule has 0 fully saturated rings. The summed E-state index contributed by atoms with van der Waals surface area (Å²) in [7, 11) is 0. The Bertz CT molecular complexity index is 828. The van der Waals surface area contributed by atoms with Crippen LogP contribution in [-0.2, 0) is 9.53 Å². The number of aliphatic imine (C=N–C) groups is 1. The predicted octanol–water partition coefficient (Wildman–Crippen LogP) is 4.99. The summed E-state index contributed by atoms with van der Waals surface area (Å²) in [6, 6.07) is 12.0. The minimum atomic E-state index is -0.527. The van der Waals surface area contributed by atoms with Crippen LogP contribution in [0, 0.1) is 0 Å². The molecule has 110 valence electrons. The van der Waals surface area contributed by atoms with Crippen LogP contribution in [0.1, 0.15) is 11.1 Å². The lowest BCUT2D eigenvalue weighted by molar-refractivity contribution is -0.129. The quantitative estimate of drug-likeness (QED) is 0.564. The number of benzene rings is 2. The largest absolute Gasteiger partial charge is 0.402 e. The van der Waals surface area contributed by atoms with Gasteiger partial charge in [-0.05, 0) is 42.0 Å². The molecule has 0 saturated carbocycles. The third kappa shape index (κ3) is 3.17. The fraction of sp³-hybridized carbons (Fsp3) is 0. The molecule has 2 aromatic carbocycles. The molecule has 0 spiro atoms. The zero-order chi connectivity index (χ0) is 15.7. The van der Waals surface area contributed by atoms with Gasteiger partial charge in [0.2, 0.25) is 5.90 Å². The fourth-order valence-corrected chi connectivity index (χ4v) is 2.41. The maximum atomic E-state index is 11.9. The molecule has 22 heavy (non-hydrogen) atoms. The number of nitrogens with zero attached hydrogens (tertiary/aromatic N) is 1. The monoisotopic (exact) mass is 351 g/mol. The van der Waals surface area contributed by atoms with Gasteiger partial charge in [-0.15, -0.1) is 0 Å². The van der Waals surface area contributed by atoms with Crippen molar-refractivity contribution in [1.82, 2.24) is 0 Å². The molecule has 0 saturated heterocycles. The van der Waals surface area contributed by atoms with E-state index in [9.17, 15) is 4.79 Å². The number of rotatable bonds is 2. The Balaban J connectivity index is 1.95. The number of esters is 1. The zero-order valence-electron chi connectivity index (χ0n) is 11.0. The summed E-state index contributed by atoms with van der Waals surface area (Å²) in [5.74, 6) is -0.306. The zero-order valence-corrected chi connectivity index (χ0v) is 13.3. The summed E-state index contributed by atoms with van der Waals surface area (Å²) in [5.41, 5.74) is 1.53. The van der Waals surface area contributed by atoms with E-state index < -0.39 is 5.97 Å². The summed E-state index contributed by atoms with van der Waals surface area (Å²) in [6.45, 7) is 0. The van der Waals surface area contributed by atoms with Crippen molar-refractivity contribution in [3.63, 3.8) is 0 Å². The lowest BCUT2D eigenvalue weighted by Gasteiger charge is -1.99. The van der Waals surface area contributed by atoms with Gasteiger partial charge >= 0.3 is 5.97 Å². The first-order valence-corrected chi connectivity index (χ1v) is 7.40. The number of carbonyl (C=O) groups is 1. The minimum Gasteiger partial charge on any atom is -0.402 e. The highest BCUT2D eigenvalue weighted by molar-refractivity contribution is 6.42. The van der Waals surface area contributed by atoms with E-state index in [0.29, 0.717) is 26.2 Å². The molecule has 6 heteroatoms. The van der Waals surface area contributed by atoms with Crippen LogP contribution in [-0.4, -0.2) is 11.9 Å². The third-order valence-corrected chi connectivity index (χ3v) is 3.91. The number of hydrogen-bond acceptors (Lipinski definition) is 3. The molecular weight excluding hydrogens is 345 g/mol. The van der Waals surface area contributed by atoms with E-state index in [0.717, 1.165) is 0 Å². The molecule has 0 radical (unpaired) electrons. The molecule has 3 rings (SSSR count). The van der Waals surface area contributed by atoms with E-state index in [2.05, 4.69) is 4.99 Å². The molecule has 0 aliphatic carbocycles. The maximum Gasteiger partial charge on any atom is 0.363 e. The average Bonchev–Trinajstić information content (AvgIpc) is 2.84. The first-order chi connectivity index (χ1) is 10.5. The Kier molecular flexibility index (Phi) is 4.21. The Hall–Kier alpha value is -1.81. The highest BCUT2D eigenvalue weighted by Crippen LogP contribution is 2.25. The van der Waals surface area contributed by atoms with Gasteiger partial charge in [-0.3, -0.25) is 0 Å². The summed E-state index contributed by atoms with van der Waals surface area (Å²) in [5, 5.41) is 1.39. The lowest BCUT2D eigenvalue weighted by atomic mass is 10.2. The van der Waals surface area contributed by atoms with Gasteiger partial charge in [0.1, 0.15) is 0 Å². The molecule has 1 aliphatic rings. The van der Waals surface area contributed by atoms with Crippen molar-refractivity contribution in [3.05, 3.63) is 74.4 Å². The van der Waals surface area contributed by atoms with E-state index >= 15 is 0 Å². The van der Waals surface area contributed by atoms with Crippen LogP contribution in [0.4, 0.5) is 0 Å². The Morgan fingerprint density at radius 1 is 1.00 bits per heavy atom. The van der Waals surface area contributed by atoms with Crippen molar-refractivity contribution in [2.45, 2.75) is 0 Å². The second-order valence-corrected chi connectivity index (χ2v) is 5.77. The molecule has 1 aliphatic heterocycles. The molecule has 0 N–H and O–H groups in total. The molecular formula is C16H8Cl3NO2. The van der Waals surface area contributed by atoms with Crippen LogP contribution in [0.25, 0.3) is 6.08 Å². The first-order valence-electron chi connectivity index (χ1n) is 6.26. The average molecular weight is 353 g/mol. The maximum absolute atomic E-state index is 11.9. The van der Waals surface area contributed by atoms with Gasteiger partial charge in [0, 0.05) is 10.6 Å². The van der Waals surface area contributed by atoms with Gasteiger partial charge in [-0.2, -0.15) is 0 Å². The molecule has 0 amide bonds. The van der Waals surface area contributed by atoms with Crippen LogP contribution in [0.3, 0.4) is 0 Å². The summed E-state index contributed by atoms with van der Waals surface area (Å²) >= 11 is 17.7. The van der Waals surface area contributed by atoms with Crippen LogP contribution in [0.15, 0.2) is 53.2 Å². The normalized spacial score (nSPS) is 15.9. The molecule has 1 heterocycles. The fourth-order valence-electron chi connectivity index (χ4n) is 1.91. The van der Waals surface area contributed by atoms with Gasteiger partial charge in [-0.25, -0.2) is 9.79 Å². The van der Waals surface area contributed by atoms with Crippen molar-refractivity contribution in [3.8, 4) is 0 Å². The Labute approximate surface area is 141 Å². The van der Waals surface area contributed by atoms with Crippen LogP contribution in [0.2, 0.25) is 15.1 Å². The van der Waals surface area contributed by atoms with E-state index in [1.165, 1.54) is 0 Å². The molecule has 0 bridgehead atoms. The van der Waals surface area contributed by atoms with Gasteiger partial charge in [0.15, 0.2) is 5.70 Å². The van der Waals surface area contributed by atoms with Crippen LogP contribution in [0.5, 0.6) is 0 Å². The van der Waals surface area contributed by atoms with Gasteiger partial charge in [-0.1, -0.05) is 46.9 Å². The van der Waals surface area contributed by atoms with Crippen molar-refractivity contribution in [2.24, 2.45) is 4.99 Å². The summed E-state index contributed by atoms with van der Waals surface area (Å²) in [4.78, 5) is 16.1. The number of cyclic esters (lactones) is 1. The molecule has 0 aromatic heterocycles. The predicted molar refractivity (Wildman–Crippen MR) is 88.5 cm³/mol. The van der Waals surface area contributed by atoms with Crippen molar-refractivity contribution >= 4 is 52.7 Å². The molecule has 0 unspecified atom stereocenters. The number of carbonyl (C=O) groups excluding carboxylic acids is 1.